The van der Waals surface area contributed by atoms with Crippen LogP contribution in [0, 0.1) is 0 Å². The Morgan fingerprint density at radius 2 is 0.494 bits per heavy atom. The van der Waals surface area contributed by atoms with Crippen LogP contribution in [0.3, 0.4) is 0 Å². The van der Waals surface area contributed by atoms with Gasteiger partial charge in [-0.1, -0.05) is 230 Å². The second kappa shape index (κ2) is 20.0. The Morgan fingerprint density at radius 3 is 0.864 bits per heavy atom. The summed E-state index contributed by atoms with van der Waals surface area (Å²) < 4.78 is 84.2. The van der Waals surface area contributed by atoms with Gasteiger partial charge in [0.15, 0.2) is 0 Å². The van der Waals surface area contributed by atoms with Crippen molar-refractivity contribution in [2.24, 2.45) is 0 Å². The van der Waals surface area contributed by atoms with Crippen molar-refractivity contribution in [3.63, 3.8) is 0 Å². The van der Waals surface area contributed by atoms with E-state index in [1.807, 2.05) is 109 Å². The maximum atomic E-state index is 8.66. The molecule has 2 heteroatoms. The summed E-state index contributed by atoms with van der Waals surface area (Å²) in [6, 6.07) is 89.2. The van der Waals surface area contributed by atoms with E-state index in [4.69, 9.17) is 13.7 Å². The van der Waals surface area contributed by atoms with Crippen LogP contribution in [0.4, 0.5) is 34.1 Å². The highest BCUT2D eigenvalue weighted by atomic mass is 15.1. The average Bonchev–Trinajstić information content (AvgIpc) is 1.51. The molecule has 0 bridgehead atoms. The number of hydrogen-bond acceptors (Lipinski definition) is 2. The van der Waals surface area contributed by atoms with Gasteiger partial charge in [-0.15, -0.1) is 0 Å². The summed E-state index contributed by atoms with van der Waals surface area (Å²) >= 11 is 0. The lowest BCUT2D eigenvalue weighted by Crippen LogP contribution is -2.25. The molecule has 13 aromatic carbocycles. The molecule has 0 heterocycles. The lowest BCUT2D eigenvalue weighted by atomic mass is 9.70. The Morgan fingerprint density at radius 1 is 0.210 bits per heavy atom. The van der Waals surface area contributed by atoms with Crippen molar-refractivity contribution in [1.29, 1.82) is 0 Å². The standard InChI is InChI=1S/C79H54N2/c1-5-19-55(20-6-1)57-33-42-67(43-34-57)80(65-23-9-3-10-24-65)69-46-37-59(38-47-69)62-51-63(60-39-48-70(49-40-60)81(66-25-11-4-12-26-66)68-44-35-58(36-45-68)56-21-7-2-8-22-56)53-64(52-62)61-41-50-74-73-29-15-18-32-77(73)79(78(74)54-61)75-30-16-13-27-71(75)72-28-14-17-31-76(72)79/h1-54H/i1D,2D,5D,6D,7D,8D,19D,20D,21D,22D. The summed E-state index contributed by atoms with van der Waals surface area (Å²) in [6.45, 7) is 0. The zero-order chi connectivity index (χ0) is 62.4. The van der Waals surface area contributed by atoms with Crippen molar-refractivity contribution in [3.05, 3.63) is 350 Å². The largest absolute Gasteiger partial charge is 0.311 e. The molecule has 81 heavy (non-hydrogen) atoms. The molecule has 13 aromatic rings. The van der Waals surface area contributed by atoms with Gasteiger partial charge in [0, 0.05) is 34.1 Å². The van der Waals surface area contributed by atoms with E-state index in [0.29, 0.717) is 11.1 Å². The minimum absolute atomic E-state index is 0.152. The first kappa shape index (κ1) is 38.1. The third-order valence-corrected chi connectivity index (χ3v) is 16.0. The number of para-hydroxylation sites is 2. The zero-order valence-corrected chi connectivity index (χ0v) is 43.8. The second-order valence-corrected chi connectivity index (χ2v) is 20.5. The molecule has 15 rings (SSSR count). The predicted octanol–water partition coefficient (Wildman–Crippen LogP) is 21.3. The summed E-state index contributed by atoms with van der Waals surface area (Å²) in [5, 5.41) is 0. The molecule has 0 aromatic heterocycles. The summed E-state index contributed by atoms with van der Waals surface area (Å²) in [5.74, 6) is 0. The Hall–Kier alpha value is -10.5. The second-order valence-electron chi connectivity index (χ2n) is 20.5. The highest BCUT2D eigenvalue weighted by Gasteiger charge is 2.51. The molecule has 0 amide bonds. The molecule has 0 saturated heterocycles. The molecule has 0 fully saturated rings. The number of hydrogen-bond donors (Lipinski definition) is 0. The summed E-state index contributed by atoms with van der Waals surface area (Å²) in [7, 11) is 0. The quantitative estimate of drug-likeness (QED) is 0.127. The SMILES string of the molecule is [2H]c1c([2H])c([2H])c(-c2ccc(N(c3ccccc3)c3ccc(-c4cc(-c5ccc(N(c6ccccc6)c6ccc(-c7c([2H])c([2H])c([2H])c([2H])c7[2H])cc6)cc5)cc(-c5ccc6c(c5)C5(c7ccccc7-c7ccccc75)c5ccccc5-6)c4)cc3)cc2)c([2H])c1[2H]. The van der Waals surface area contributed by atoms with Gasteiger partial charge in [-0.25, -0.2) is 0 Å². The maximum absolute atomic E-state index is 8.66. The van der Waals surface area contributed by atoms with Crippen LogP contribution < -0.4 is 9.80 Å². The Kier molecular flexibility index (Phi) is 9.43. The van der Waals surface area contributed by atoms with Crippen molar-refractivity contribution in [1.82, 2.24) is 0 Å². The van der Waals surface area contributed by atoms with Gasteiger partial charge in [0.1, 0.15) is 0 Å². The van der Waals surface area contributed by atoms with E-state index < -0.39 is 17.5 Å². The van der Waals surface area contributed by atoms with Crippen LogP contribution in [0.5, 0.6) is 0 Å². The molecular weight excluding hydrogens is 977 g/mol. The molecule has 2 aliphatic rings. The van der Waals surface area contributed by atoms with Gasteiger partial charge < -0.3 is 9.80 Å². The summed E-state index contributed by atoms with van der Waals surface area (Å²) in [6.07, 6.45) is 0. The van der Waals surface area contributed by atoms with Crippen molar-refractivity contribution < 1.29 is 13.7 Å². The van der Waals surface area contributed by atoms with Crippen molar-refractivity contribution in [2.45, 2.75) is 5.41 Å². The fourth-order valence-corrected chi connectivity index (χ4v) is 12.4. The van der Waals surface area contributed by atoms with Crippen LogP contribution in [0.25, 0.3) is 77.9 Å². The maximum Gasteiger partial charge on any atom is 0.0725 e. The van der Waals surface area contributed by atoms with Gasteiger partial charge >= 0.3 is 0 Å². The van der Waals surface area contributed by atoms with Crippen LogP contribution >= 0.6 is 0 Å². The molecular formula is C79H54N2. The van der Waals surface area contributed by atoms with Crippen molar-refractivity contribution in [3.8, 4) is 77.9 Å². The van der Waals surface area contributed by atoms with Gasteiger partial charge in [-0.2, -0.15) is 0 Å². The fourth-order valence-electron chi connectivity index (χ4n) is 12.4. The van der Waals surface area contributed by atoms with E-state index in [9.17, 15) is 0 Å². The fraction of sp³-hybridized carbons (Fsp3) is 0.0127. The number of anilines is 6. The molecule has 0 N–H and O–H groups in total. The van der Waals surface area contributed by atoms with E-state index in [0.717, 1.165) is 67.5 Å². The molecule has 2 aliphatic carbocycles. The van der Waals surface area contributed by atoms with Gasteiger partial charge in [-0.3, -0.25) is 0 Å². The molecule has 1 spiro atoms. The molecule has 0 unspecified atom stereocenters. The Labute approximate surface area is 488 Å². The van der Waals surface area contributed by atoms with E-state index in [1.165, 1.54) is 44.5 Å². The summed E-state index contributed by atoms with van der Waals surface area (Å²) in [4.78, 5) is 4.29. The molecule has 0 aliphatic heterocycles. The smallest absolute Gasteiger partial charge is 0.0725 e. The lowest BCUT2D eigenvalue weighted by Gasteiger charge is -2.30. The predicted molar refractivity (Wildman–Crippen MR) is 339 cm³/mol. The molecule has 0 radical (unpaired) electrons. The first-order valence-corrected chi connectivity index (χ1v) is 27.2. The zero-order valence-electron chi connectivity index (χ0n) is 53.8. The summed E-state index contributed by atoms with van der Waals surface area (Å²) in [5.41, 5.74) is 22.2. The molecule has 0 atom stereocenters. The molecule has 0 saturated carbocycles. The minimum atomic E-state index is -0.531. The van der Waals surface area contributed by atoms with Crippen LogP contribution in [-0.2, 0) is 5.41 Å². The van der Waals surface area contributed by atoms with Crippen molar-refractivity contribution >= 4 is 34.1 Å². The van der Waals surface area contributed by atoms with Crippen LogP contribution in [0.2, 0.25) is 0 Å². The average molecular weight is 1040 g/mol. The van der Waals surface area contributed by atoms with Gasteiger partial charge in [0.2, 0.25) is 0 Å². The topological polar surface area (TPSA) is 6.48 Å². The molecule has 380 valence electrons. The van der Waals surface area contributed by atoms with E-state index in [1.54, 1.807) is 0 Å². The Bertz CT molecular complexity index is 4700. The van der Waals surface area contributed by atoms with Crippen LogP contribution in [0.1, 0.15) is 36.0 Å². The normalized spacial score (nSPS) is 14.0. The Balaban J connectivity index is 0.851. The number of benzene rings is 13. The number of nitrogens with zero attached hydrogens (tertiary/aromatic N) is 2. The first-order chi connectivity index (χ1) is 44.3. The number of fused-ring (bicyclic) bond motifs is 10. The highest BCUT2D eigenvalue weighted by molar-refractivity contribution is 5.96. The van der Waals surface area contributed by atoms with Crippen molar-refractivity contribution in [2.75, 3.05) is 9.80 Å². The third kappa shape index (κ3) is 8.27. The van der Waals surface area contributed by atoms with Gasteiger partial charge in [0.25, 0.3) is 0 Å². The van der Waals surface area contributed by atoms with E-state index >= 15 is 0 Å². The minimum Gasteiger partial charge on any atom is -0.311 e. The molecule has 2 nitrogen and oxygen atoms in total. The number of rotatable bonds is 11. The van der Waals surface area contributed by atoms with Gasteiger partial charge in [0.05, 0.1) is 19.1 Å². The monoisotopic (exact) mass is 1040 g/mol. The van der Waals surface area contributed by atoms with Crippen LogP contribution in [0.15, 0.2) is 327 Å². The lowest BCUT2D eigenvalue weighted by molar-refractivity contribution is 0.794. The van der Waals surface area contributed by atoms with Gasteiger partial charge in [-0.05, 0) is 197 Å². The van der Waals surface area contributed by atoms with E-state index in [-0.39, 0.29) is 59.5 Å². The van der Waals surface area contributed by atoms with Crippen LogP contribution in [-0.4, -0.2) is 0 Å². The first-order valence-electron chi connectivity index (χ1n) is 32.2. The highest BCUT2D eigenvalue weighted by Crippen LogP contribution is 2.63. The van der Waals surface area contributed by atoms with E-state index in [2.05, 4.69) is 168 Å². The third-order valence-electron chi connectivity index (χ3n) is 16.0.